The molecule has 5 rings (SSSR count). The molecule has 1 aliphatic carbocycles. The Morgan fingerprint density at radius 1 is 1.00 bits per heavy atom. The number of fused-ring (bicyclic) bond motifs is 5. The van der Waals surface area contributed by atoms with Gasteiger partial charge in [-0.05, 0) is 52.1 Å². The van der Waals surface area contributed by atoms with Crippen LogP contribution in [0.25, 0.3) is 0 Å². The average Bonchev–Trinajstić information content (AvgIpc) is 3.12. The number of nitrogens with one attached hydrogen (secondary N) is 1. The Hall–Kier alpha value is -3.14. The summed E-state index contributed by atoms with van der Waals surface area (Å²) in [6.07, 6.45) is 0.979. The van der Waals surface area contributed by atoms with Crippen molar-refractivity contribution in [1.82, 2.24) is 0 Å². The van der Waals surface area contributed by atoms with Crippen molar-refractivity contribution in [2.75, 3.05) is 5.32 Å². The van der Waals surface area contributed by atoms with Crippen LogP contribution in [0.2, 0.25) is 0 Å². The lowest BCUT2D eigenvalue weighted by Crippen LogP contribution is -2.30. The van der Waals surface area contributed by atoms with Gasteiger partial charge in [0.25, 0.3) is 5.69 Å². The third kappa shape index (κ3) is 2.91. The largest absolute Gasteiger partial charge is 0.378 e. The number of nitro benzene ring substituents is 1. The van der Waals surface area contributed by atoms with E-state index >= 15 is 0 Å². The zero-order valence-electron chi connectivity index (χ0n) is 16.6. The first-order chi connectivity index (χ1) is 14.0. The fourth-order valence-corrected chi connectivity index (χ4v) is 5.08. The molecule has 0 amide bonds. The fraction of sp³-hybridized carbons (Fsp3) is 0.280. The minimum absolute atomic E-state index is 0.161. The highest BCUT2D eigenvalue weighted by Gasteiger charge is 2.43. The number of hydrogen-bond acceptors (Lipinski definition) is 3. The third-order valence-corrected chi connectivity index (χ3v) is 6.56. The van der Waals surface area contributed by atoms with Crippen molar-refractivity contribution in [2.24, 2.45) is 5.92 Å². The fourth-order valence-electron chi connectivity index (χ4n) is 5.08. The second-order valence-corrected chi connectivity index (χ2v) is 8.52. The zero-order chi connectivity index (χ0) is 20.1. The van der Waals surface area contributed by atoms with E-state index in [4.69, 9.17) is 0 Å². The molecule has 0 unspecified atom stereocenters. The molecule has 3 atom stereocenters. The summed E-state index contributed by atoms with van der Waals surface area (Å²) in [6.45, 7) is 4.42. The highest BCUT2D eigenvalue weighted by molar-refractivity contribution is 5.65. The average molecular weight is 384 g/mol. The first kappa shape index (κ1) is 17.9. The molecule has 0 radical (unpaired) electrons. The minimum Gasteiger partial charge on any atom is -0.378 e. The normalized spacial score (nSPS) is 21.8. The third-order valence-electron chi connectivity index (χ3n) is 6.56. The molecule has 3 aromatic carbocycles. The van der Waals surface area contributed by atoms with Gasteiger partial charge in [0.1, 0.15) is 0 Å². The molecule has 1 heterocycles. The summed E-state index contributed by atoms with van der Waals surface area (Å²) in [7, 11) is 0. The van der Waals surface area contributed by atoms with Crippen LogP contribution < -0.4 is 5.32 Å². The van der Waals surface area contributed by atoms with Crippen molar-refractivity contribution in [3.8, 4) is 0 Å². The number of nitrogens with zero attached hydrogens (tertiary/aromatic N) is 1. The lowest BCUT2D eigenvalue weighted by Gasteiger charge is -2.38. The summed E-state index contributed by atoms with van der Waals surface area (Å²) in [5, 5.41) is 15.1. The lowest BCUT2D eigenvalue weighted by atomic mass is 9.75. The van der Waals surface area contributed by atoms with E-state index in [1.54, 1.807) is 12.1 Å². The number of benzene rings is 3. The predicted molar refractivity (Wildman–Crippen MR) is 115 cm³/mol. The lowest BCUT2D eigenvalue weighted by molar-refractivity contribution is -0.384. The standard InChI is InChI=1S/C25H24N2O2/c1-15(2)16-7-9-17(10-8-16)25-22-13-18-5-3-4-6-20(18)24(22)21-14-19(27(28)29)11-12-23(21)26-25/h3-12,14-15,22,24-26H,13H2,1-2H3/t22-,24+,25-/m0/s1. The summed E-state index contributed by atoms with van der Waals surface area (Å²) >= 11 is 0. The molecule has 4 nitrogen and oxygen atoms in total. The predicted octanol–water partition coefficient (Wildman–Crippen LogP) is 6.19. The number of rotatable bonds is 3. The van der Waals surface area contributed by atoms with Crippen molar-refractivity contribution in [3.05, 3.63) is 105 Å². The van der Waals surface area contributed by atoms with Crippen LogP contribution >= 0.6 is 0 Å². The Kier molecular flexibility index (Phi) is 4.16. The maximum atomic E-state index is 11.4. The molecule has 1 aliphatic heterocycles. The van der Waals surface area contributed by atoms with Gasteiger partial charge in [-0.1, -0.05) is 62.4 Å². The highest BCUT2D eigenvalue weighted by Crippen LogP contribution is 2.54. The Labute approximate surface area is 170 Å². The van der Waals surface area contributed by atoms with Crippen LogP contribution in [0.15, 0.2) is 66.7 Å². The van der Waals surface area contributed by atoms with Crippen LogP contribution in [-0.4, -0.2) is 4.92 Å². The van der Waals surface area contributed by atoms with Crippen molar-refractivity contribution >= 4 is 11.4 Å². The molecule has 29 heavy (non-hydrogen) atoms. The number of hydrogen-bond donors (Lipinski definition) is 1. The molecule has 4 heteroatoms. The summed E-state index contributed by atoms with van der Waals surface area (Å²) in [5.74, 6) is 1.03. The number of non-ortho nitro benzene ring substituents is 1. The Morgan fingerprint density at radius 2 is 1.76 bits per heavy atom. The van der Waals surface area contributed by atoms with Crippen LogP contribution in [0.4, 0.5) is 11.4 Å². The van der Waals surface area contributed by atoms with Crippen molar-refractivity contribution < 1.29 is 4.92 Å². The van der Waals surface area contributed by atoms with E-state index in [2.05, 4.69) is 67.7 Å². The SMILES string of the molecule is CC(C)c1ccc([C@@H]2Nc3ccc([N+](=O)[O-])cc3[C@H]3c4ccccc4C[C@@H]32)cc1. The smallest absolute Gasteiger partial charge is 0.269 e. The van der Waals surface area contributed by atoms with Gasteiger partial charge < -0.3 is 5.32 Å². The van der Waals surface area contributed by atoms with E-state index < -0.39 is 0 Å². The van der Waals surface area contributed by atoms with Gasteiger partial charge in [-0.2, -0.15) is 0 Å². The molecule has 0 bridgehead atoms. The van der Waals surface area contributed by atoms with E-state index in [9.17, 15) is 10.1 Å². The summed E-state index contributed by atoms with van der Waals surface area (Å²) in [5.41, 5.74) is 7.49. The maximum Gasteiger partial charge on any atom is 0.269 e. The van der Waals surface area contributed by atoms with Gasteiger partial charge in [-0.3, -0.25) is 10.1 Å². The van der Waals surface area contributed by atoms with Gasteiger partial charge in [-0.15, -0.1) is 0 Å². The van der Waals surface area contributed by atoms with Crippen LogP contribution in [0, 0.1) is 16.0 Å². The minimum atomic E-state index is -0.299. The van der Waals surface area contributed by atoms with E-state index in [0.29, 0.717) is 11.8 Å². The van der Waals surface area contributed by atoms with E-state index in [1.807, 2.05) is 6.07 Å². The molecule has 0 fully saturated rings. The number of nitro groups is 1. The van der Waals surface area contributed by atoms with E-state index in [0.717, 1.165) is 17.7 Å². The Bertz CT molecular complexity index is 1090. The van der Waals surface area contributed by atoms with Crippen molar-refractivity contribution in [2.45, 2.75) is 38.1 Å². The molecule has 0 saturated heterocycles. The summed E-state index contributed by atoms with van der Waals surface area (Å²) in [6, 6.07) is 22.9. The topological polar surface area (TPSA) is 55.2 Å². The molecule has 3 aromatic rings. The van der Waals surface area contributed by atoms with Gasteiger partial charge in [0, 0.05) is 23.7 Å². The maximum absolute atomic E-state index is 11.4. The first-order valence-electron chi connectivity index (χ1n) is 10.3. The molecule has 2 aliphatic rings. The quantitative estimate of drug-likeness (QED) is 0.433. The first-order valence-corrected chi connectivity index (χ1v) is 10.3. The zero-order valence-corrected chi connectivity index (χ0v) is 16.6. The molecular formula is C25H24N2O2. The van der Waals surface area contributed by atoms with Crippen molar-refractivity contribution in [3.63, 3.8) is 0 Å². The molecule has 0 spiro atoms. The molecule has 0 aromatic heterocycles. The molecule has 1 N–H and O–H groups in total. The van der Waals surface area contributed by atoms with Crippen LogP contribution in [0.1, 0.15) is 59.5 Å². The summed E-state index contributed by atoms with van der Waals surface area (Å²) < 4.78 is 0. The highest BCUT2D eigenvalue weighted by atomic mass is 16.6. The Morgan fingerprint density at radius 3 is 2.48 bits per heavy atom. The number of anilines is 1. The van der Waals surface area contributed by atoms with Gasteiger partial charge in [0.2, 0.25) is 0 Å². The Balaban J connectivity index is 1.63. The van der Waals surface area contributed by atoms with Crippen LogP contribution in [0.3, 0.4) is 0 Å². The van der Waals surface area contributed by atoms with E-state index in [1.165, 1.54) is 22.3 Å². The monoisotopic (exact) mass is 384 g/mol. The second-order valence-electron chi connectivity index (χ2n) is 8.52. The van der Waals surface area contributed by atoms with Gasteiger partial charge in [-0.25, -0.2) is 0 Å². The van der Waals surface area contributed by atoms with Crippen LogP contribution in [0.5, 0.6) is 0 Å². The van der Waals surface area contributed by atoms with Gasteiger partial charge >= 0.3 is 0 Å². The molecule has 0 saturated carbocycles. The molecular weight excluding hydrogens is 360 g/mol. The van der Waals surface area contributed by atoms with Gasteiger partial charge in [0.15, 0.2) is 0 Å². The molecule has 146 valence electrons. The van der Waals surface area contributed by atoms with Crippen molar-refractivity contribution in [1.29, 1.82) is 0 Å². The van der Waals surface area contributed by atoms with E-state index in [-0.39, 0.29) is 22.6 Å². The second kappa shape index (κ2) is 6.73. The van der Waals surface area contributed by atoms with Crippen LogP contribution in [-0.2, 0) is 6.42 Å². The summed E-state index contributed by atoms with van der Waals surface area (Å²) in [4.78, 5) is 11.1. The van der Waals surface area contributed by atoms with Gasteiger partial charge in [0.05, 0.1) is 11.0 Å².